The maximum Gasteiger partial charge on any atom is 0.178 e. The van der Waals surface area contributed by atoms with E-state index in [1.165, 1.54) is 0 Å². The first-order valence-corrected chi connectivity index (χ1v) is 6.45. The Morgan fingerprint density at radius 3 is 2.79 bits per heavy atom. The number of ketones is 1. The van der Waals surface area contributed by atoms with Gasteiger partial charge in [0.05, 0.1) is 19.2 Å². The summed E-state index contributed by atoms with van der Waals surface area (Å²) in [6.07, 6.45) is 1.76. The van der Waals surface area contributed by atoms with E-state index in [0.29, 0.717) is 18.2 Å². The predicted octanol–water partition coefficient (Wildman–Crippen LogP) is 2.67. The van der Waals surface area contributed by atoms with Crippen LogP contribution in [0.25, 0.3) is 10.9 Å². The van der Waals surface area contributed by atoms with Crippen LogP contribution in [0.2, 0.25) is 0 Å². The lowest BCUT2D eigenvalue weighted by molar-refractivity contribution is 0.0990. The molecule has 0 radical (unpaired) electrons. The van der Waals surface area contributed by atoms with Gasteiger partial charge >= 0.3 is 0 Å². The third-order valence-corrected chi connectivity index (χ3v) is 3.09. The number of methoxy groups -OCH3 is 1. The number of hydrogen-bond donors (Lipinski definition) is 2. The summed E-state index contributed by atoms with van der Waals surface area (Å²) >= 11 is 0. The van der Waals surface area contributed by atoms with E-state index in [9.17, 15) is 4.79 Å². The summed E-state index contributed by atoms with van der Waals surface area (Å²) in [4.78, 5) is 15.3. The molecule has 2 rings (SSSR count). The second-order valence-corrected chi connectivity index (χ2v) is 5.05. The molecule has 102 valence electrons. The Kier molecular flexibility index (Phi) is 3.90. The Labute approximate surface area is 113 Å². The Hall–Kier alpha value is -1.81. The normalized spacial score (nSPS) is 11.2. The average Bonchev–Trinajstić information content (AvgIpc) is 2.78. The number of benzene rings is 1. The summed E-state index contributed by atoms with van der Waals surface area (Å²) in [5, 5.41) is 4.07. The van der Waals surface area contributed by atoms with Gasteiger partial charge in [-0.2, -0.15) is 0 Å². The molecule has 0 aliphatic carbocycles. The topological polar surface area (TPSA) is 54.1 Å². The zero-order valence-electron chi connectivity index (χ0n) is 11.8. The van der Waals surface area contributed by atoms with E-state index >= 15 is 0 Å². The van der Waals surface area contributed by atoms with E-state index in [2.05, 4.69) is 10.3 Å². The minimum Gasteiger partial charge on any atom is -0.495 e. The number of Topliss-reactive ketones (excluding diaryl/α,β-unsaturated/α-hetero) is 1. The molecular weight excluding hydrogens is 240 g/mol. The molecule has 0 saturated heterocycles. The largest absolute Gasteiger partial charge is 0.495 e. The lowest BCUT2D eigenvalue weighted by atomic mass is 10.1. The summed E-state index contributed by atoms with van der Waals surface area (Å²) in [5.41, 5.74) is 2.67. The van der Waals surface area contributed by atoms with Gasteiger partial charge in [-0.1, -0.05) is 13.8 Å². The third kappa shape index (κ3) is 2.79. The van der Waals surface area contributed by atoms with E-state index in [-0.39, 0.29) is 5.78 Å². The molecule has 0 unspecified atom stereocenters. The number of fused-ring (bicyclic) bond motifs is 1. The van der Waals surface area contributed by atoms with Crippen LogP contribution >= 0.6 is 0 Å². The molecule has 19 heavy (non-hydrogen) atoms. The molecule has 2 aromatic rings. The third-order valence-electron chi connectivity index (χ3n) is 3.09. The van der Waals surface area contributed by atoms with Crippen LogP contribution < -0.4 is 10.1 Å². The summed E-state index contributed by atoms with van der Waals surface area (Å²) in [6, 6.07) is 4.27. The Bertz CT molecular complexity index is 599. The van der Waals surface area contributed by atoms with Crippen molar-refractivity contribution in [1.29, 1.82) is 0 Å². The van der Waals surface area contributed by atoms with Crippen molar-refractivity contribution >= 4 is 16.7 Å². The Balaban J connectivity index is 2.39. The minimum atomic E-state index is 0.0904. The monoisotopic (exact) mass is 260 g/mol. The van der Waals surface area contributed by atoms with Crippen molar-refractivity contribution < 1.29 is 9.53 Å². The van der Waals surface area contributed by atoms with E-state index < -0.39 is 0 Å². The van der Waals surface area contributed by atoms with Crippen molar-refractivity contribution in [2.45, 2.75) is 26.8 Å². The fourth-order valence-electron chi connectivity index (χ4n) is 2.12. The van der Waals surface area contributed by atoms with Crippen molar-refractivity contribution in [2.24, 2.45) is 0 Å². The average molecular weight is 260 g/mol. The van der Waals surface area contributed by atoms with Gasteiger partial charge in [0.25, 0.3) is 0 Å². The van der Waals surface area contributed by atoms with Crippen LogP contribution in [0.5, 0.6) is 5.75 Å². The molecule has 4 nitrogen and oxygen atoms in total. The first-order chi connectivity index (χ1) is 9.02. The number of ether oxygens (including phenoxy) is 1. The molecule has 4 heteroatoms. The van der Waals surface area contributed by atoms with Crippen molar-refractivity contribution in [3.05, 3.63) is 29.5 Å². The zero-order chi connectivity index (χ0) is 14.0. The number of aryl methyl sites for hydroxylation is 1. The van der Waals surface area contributed by atoms with Crippen molar-refractivity contribution in [1.82, 2.24) is 10.3 Å². The lowest BCUT2D eigenvalue weighted by Gasteiger charge is -2.07. The fraction of sp³-hybridized carbons (Fsp3) is 0.400. The van der Waals surface area contributed by atoms with Crippen molar-refractivity contribution in [3.8, 4) is 5.75 Å². The van der Waals surface area contributed by atoms with Gasteiger partial charge in [-0.3, -0.25) is 4.79 Å². The van der Waals surface area contributed by atoms with E-state index in [1.54, 1.807) is 13.3 Å². The summed E-state index contributed by atoms with van der Waals surface area (Å²) in [6.45, 7) is 6.39. The van der Waals surface area contributed by atoms with Gasteiger partial charge in [0.15, 0.2) is 5.78 Å². The number of aromatic nitrogens is 1. The van der Waals surface area contributed by atoms with Crippen molar-refractivity contribution in [3.63, 3.8) is 0 Å². The van der Waals surface area contributed by atoms with Crippen LogP contribution in [0.4, 0.5) is 0 Å². The second kappa shape index (κ2) is 5.45. The quantitative estimate of drug-likeness (QED) is 0.813. The number of nitrogens with one attached hydrogen (secondary N) is 2. The molecule has 0 aliphatic rings. The van der Waals surface area contributed by atoms with Gasteiger partial charge in [0.2, 0.25) is 0 Å². The highest BCUT2D eigenvalue weighted by Crippen LogP contribution is 2.29. The minimum absolute atomic E-state index is 0.0904. The number of carbonyl (C=O) groups excluding carboxylic acids is 1. The molecule has 0 fully saturated rings. The number of carbonyl (C=O) groups is 1. The van der Waals surface area contributed by atoms with Crippen LogP contribution in [0.3, 0.4) is 0 Å². The molecule has 0 bridgehead atoms. The standard InChI is InChI=1S/C15H20N2O2/c1-9(2)16-8-13(18)12-7-17-15-11(12)5-10(3)6-14(15)19-4/h5-7,9,16-17H,8H2,1-4H3. The first-order valence-electron chi connectivity index (χ1n) is 6.45. The summed E-state index contributed by atoms with van der Waals surface area (Å²) < 4.78 is 5.34. The molecule has 2 N–H and O–H groups in total. The van der Waals surface area contributed by atoms with Gasteiger partial charge < -0.3 is 15.0 Å². The molecule has 0 amide bonds. The van der Waals surface area contributed by atoms with Gasteiger partial charge in [0, 0.05) is 23.2 Å². The molecule has 1 aromatic carbocycles. The Morgan fingerprint density at radius 2 is 2.16 bits per heavy atom. The fourth-order valence-corrected chi connectivity index (χ4v) is 2.12. The van der Waals surface area contributed by atoms with Crippen LogP contribution in [-0.2, 0) is 0 Å². The molecule has 0 atom stereocenters. The van der Waals surface area contributed by atoms with E-state index in [4.69, 9.17) is 4.74 Å². The molecule has 1 aromatic heterocycles. The Morgan fingerprint density at radius 1 is 1.42 bits per heavy atom. The van der Waals surface area contributed by atoms with E-state index in [1.807, 2.05) is 32.9 Å². The number of H-pyrrole nitrogens is 1. The highest BCUT2D eigenvalue weighted by atomic mass is 16.5. The van der Waals surface area contributed by atoms with Crippen molar-refractivity contribution in [2.75, 3.05) is 13.7 Å². The smallest absolute Gasteiger partial charge is 0.178 e. The van der Waals surface area contributed by atoms with Crippen LogP contribution in [0.1, 0.15) is 29.8 Å². The van der Waals surface area contributed by atoms with E-state index in [0.717, 1.165) is 22.2 Å². The maximum atomic E-state index is 12.2. The summed E-state index contributed by atoms with van der Waals surface area (Å²) in [5.74, 6) is 0.860. The van der Waals surface area contributed by atoms with Gasteiger partial charge in [-0.15, -0.1) is 0 Å². The number of aromatic amines is 1. The first kappa shape index (κ1) is 13.6. The van der Waals surface area contributed by atoms with Crippen LogP contribution in [0.15, 0.2) is 18.3 Å². The van der Waals surface area contributed by atoms with Crippen LogP contribution in [0, 0.1) is 6.92 Å². The molecular formula is C15H20N2O2. The maximum absolute atomic E-state index is 12.2. The lowest BCUT2D eigenvalue weighted by Crippen LogP contribution is -2.29. The summed E-state index contributed by atoms with van der Waals surface area (Å²) in [7, 11) is 1.64. The number of rotatable bonds is 5. The van der Waals surface area contributed by atoms with Gasteiger partial charge in [-0.05, 0) is 24.6 Å². The molecule has 0 aliphatic heterocycles. The predicted molar refractivity (Wildman–Crippen MR) is 77.1 cm³/mol. The SMILES string of the molecule is COc1cc(C)cc2c(C(=O)CNC(C)C)c[nH]c12. The molecule has 1 heterocycles. The van der Waals surface area contributed by atoms with Gasteiger partial charge in [0.1, 0.15) is 5.75 Å². The highest BCUT2D eigenvalue weighted by molar-refractivity contribution is 6.10. The highest BCUT2D eigenvalue weighted by Gasteiger charge is 2.15. The van der Waals surface area contributed by atoms with Crippen LogP contribution in [-0.4, -0.2) is 30.5 Å². The zero-order valence-corrected chi connectivity index (χ0v) is 11.8. The molecule has 0 spiro atoms. The van der Waals surface area contributed by atoms with Gasteiger partial charge in [-0.25, -0.2) is 0 Å². The number of hydrogen-bond acceptors (Lipinski definition) is 3. The second-order valence-electron chi connectivity index (χ2n) is 5.05. The molecule has 0 saturated carbocycles.